The molecule has 3 aromatic carbocycles. The molecule has 1 amide bonds. The first-order chi connectivity index (χ1) is 15.1. The molecule has 0 bridgehead atoms. The average Bonchev–Trinajstić information content (AvgIpc) is 3.30. The van der Waals surface area contributed by atoms with Crippen molar-refractivity contribution in [1.82, 2.24) is 15.6 Å². The van der Waals surface area contributed by atoms with Crippen LogP contribution in [0.4, 0.5) is 5.69 Å². The van der Waals surface area contributed by atoms with Gasteiger partial charge in [0.2, 0.25) is 0 Å². The molecule has 0 atom stereocenters. The van der Waals surface area contributed by atoms with E-state index < -0.39 is 10.8 Å². The first kappa shape index (κ1) is 19.7. The van der Waals surface area contributed by atoms with E-state index in [0.29, 0.717) is 11.3 Å². The maximum absolute atomic E-state index is 12.3. The molecule has 0 unspecified atom stereocenters. The molecule has 0 radical (unpaired) electrons. The number of amides is 1. The van der Waals surface area contributed by atoms with E-state index in [4.69, 9.17) is 0 Å². The zero-order valence-corrected chi connectivity index (χ0v) is 16.2. The summed E-state index contributed by atoms with van der Waals surface area (Å²) >= 11 is 0. The first-order valence-electron chi connectivity index (χ1n) is 9.39. The maximum atomic E-state index is 12.3. The summed E-state index contributed by atoms with van der Waals surface area (Å²) in [5.74, 6) is -0.471. The van der Waals surface area contributed by atoms with Gasteiger partial charge in [-0.2, -0.15) is 10.2 Å². The van der Waals surface area contributed by atoms with Crippen LogP contribution in [0.15, 0.2) is 90.0 Å². The van der Waals surface area contributed by atoms with E-state index in [0.717, 1.165) is 16.7 Å². The molecule has 152 valence electrons. The molecular formula is C23H17N5O3. The highest BCUT2D eigenvalue weighted by molar-refractivity contribution is 5.94. The minimum atomic E-state index is -0.492. The van der Waals surface area contributed by atoms with Crippen molar-refractivity contribution in [3.8, 4) is 22.4 Å². The Morgan fingerprint density at radius 3 is 2.39 bits per heavy atom. The van der Waals surface area contributed by atoms with Gasteiger partial charge in [0.25, 0.3) is 11.6 Å². The summed E-state index contributed by atoms with van der Waals surface area (Å²) in [6, 6.07) is 25.5. The van der Waals surface area contributed by atoms with Crippen LogP contribution in [0.2, 0.25) is 0 Å². The van der Waals surface area contributed by atoms with E-state index in [2.05, 4.69) is 20.7 Å². The number of nitro groups is 1. The number of hydrogen-bond acceptors (Lipinski definition) is 5. The van der Waals surface area contributed by atoms with Gasteiger partial charge in [-0.05, 0) is 17.2 Å². The molecule has 1 heterocycles. The van der Waals surface area contributed by atoms with Crippen LogP contribution < -0.4 is 5.43 Å². The second kappa shape index (κ2) is 8.83. The molecular weight excluding hydrogens is 394 g/mol. The molecule has 0 saturated carbocycles. The monoisotopic (exact) mass is 411 g/mol. The zero-order valence-electron chi connectivity index (χ0n) is 16.2. The Morgan fingerprint density at radius 2 is 1.65 bits per heavy atom. The number of rotatable bonds is 6. The summed E-state index contributed by atoms with van der Waals surface area (Å²) in [6.45, 7) is 0. The Balaban J connectivity index is 1.42. The van der Waals surface area contributed by atoms with Gasteiger partial charge in [0.05, 0.1) is 16.8 Å². The van der Waals surface area contributed by atoms with Gasteiger partial charge in [-0.3, -0.25) is 20.0 Å². The number of H-pyrrole nitrogens is 1. The van der Waals surface area contributed by atoms with Crippen molar-refractivity contribution < 1.29 is 9.72 Å². The summed E-state index contributed by atoms with van der Waals surface area (Å²) in [4.78, 5) is 22.6. The number of nitro benzene ring substituents is 1. The predicted octanol–water partition coefficient (Wildman–Crippen LogP) is 4.42. The summed E-state index contributed by atoms with van der Waals surface area (Å²) in [6.07, 6.45) is 1.34. The van der Waals surface area contributed by atoms with E-state index in [9.17, 15) is 14.9 Å². The van der Waals surface area contributed by atoms with Crippen LogP contribution in [-0.2, 0) is 0 Å². The summed E-state index contributed by atoms with van der Waals surface area (Å²) in [5, 5.41) is 21.6. The van der Waals surface area contributed by atoms with Crippen molar-refractivity contribution >= 4 is 17.8 Å². The molecule has 8 nitrogen and oxygen atoms in total. The van der Waals surface area contributed by atoms with Crippen molar-refractivity contribution in [2.45, 2.75) is 0 Å². The quantitative estimate of drug-likeness (QED) is 0.278. The van der Waals surface area contributed by atoms with E-state index in [-0.39, 0.29) is 11.4 Å². The van der Waals surface area contributed by atoms with Crippen LogP contribution in [0.5, 0.6) is 0 Å². The molecule has 0 saturated heterocycles. The van der Waals surface area contributed by atoms with Crippen LogP contribution in [0.3, 0.4) is 0 Å². The third kappa shape index (κ3) is 4.70. The molecule has 0 spiro atoms. The average molecular weight is 411 g/mol. The van der Waals surface area contributed by atoms with Gasteiger partial charge in [-0.25, -0.2) is 5.43 Å². The van der Waals surface area contributed by atoms with Gasteiger partial charge in [-0.1, -0.05) is 66.7 Å². The van der Waals surface area contributed by atoms with Gasteiger partial charge >= 0.3 is 0 Å². The lowest BCUT2D eigenvalue weighted by Gasteiger charge is -2.02. The third-order valence-corrected chi connectivity index (χ3v) is 4.57. The summed E-state index contributed by atoms with van der Waals surface area (Å²) in [7, 11) is 0. The van der Waals surface area contributed by atoms with Crippen LogP contribution >= 0.6 is 0 Å². The highest BCUT2D eigenvalue weighted by Crippen LogP contribution is 2.24. The lowest BCUT2D eigenvalue weighted by atomic mass is 10.0. The normalized spacial score (nSPS) is 10.8. The number of benzene rings is 3. The third-order valence-electron chi connectivity index (χ3n) is 4.57. The van der Waals surface area contributed by atoms with Gasteiger partial charge in [0, 0.05) is 23.3 Å². The lowest BCUT2D eigenvalue weighted by molar-refractivity contribution is -0.384. The van der Waals surface area contributed by atoms with E-state index >= 15 is 0 Å². The van der Waals surface area contributed by atoms with Crippen LogP contribution in [0.1, 0.15) is 16.1 Å². The number of non-ortho nitro benzene ring substituents is 1. The highest BCUT2D eigenvalue weighted by Gasteiger charge is 2.11. The fraction of sp³-hybridized carbons (Fsp3) is 0. The molecule has 2 N–H and O–H groups in total. The molecule has 0 aliphatic rings. The Bertz CT molecular complexity index is 1250. The summed E-state index contributed by atoms with van der Waals surface area (Å²) in [5.41, 5.74) is 6.79. The zero-order chi connectivity index (χ0) is 21.6. The van der Waals surface area contributed by atoms with Gasteiger partial charge in [0.15, 0.2) is 0 Å². The molecule has 0 aliphatic carbocycles. The molecule has 4 aromatic rings. The molecule has 1 aromatic heterocycles. The Kier molecular flexibility index (Phi) is 5.62. The van der Waals surface area contributed by atoms with Crippen molar-refractivity contribution in [3.63, 3.8) is 0 Å². The molecule has 0 aliphatic heterocycles. The van der Waals surface area contributed by atoms with Gasteiger partial charge < -0.3 is 0 Å². The minimum absolute atomic E-state index is 0.0493. The molecule has 31 heavy (non-hydrogen) atoms. The number of aromatic nitrogens is 2. The predicted molar refractivity (Wildman–Crippen MR) is 118 cm³/mol. The molecule has 4 rings (SSSR count). The minimum Gasteiger partial charge on any atom is -0.272 e. The number of carbonyl (C=O) groups excluding carboxylic acids is 1. The fourth-order valence-corrected chi connectivity index (χ4v) is 2.99. The first-order valence-corrected chi connectivity index (χ1v) is 9.39. The van der Waals surface area contributed by atoms with Gasteiger partial charge in [-0.15, -0.1) is 0 Å². The number of aromatic amines is 1. The second-order valence-corrected chi connectivity index (χ2v) is 6.66. The standard InChI is InChI=1S/C23H17N5O3/c29-23(27-24-15-16-5-4-8-20(13-16)28(30)31)22-14-21(25-26-22)19-11-9-18(10-12-19)17-6-2-1-3-7-17/h1-15H,(H,25,26)(H,27,29). The summed E-state index contributed by atoms with van der Waals surface area (Å²) < 4.78 is 0. The van der Waals surface area contributed by atoms with Crippen molar-refractivity contribution in [2.24, 2.45) is 5.10 Å². The van der Waals surface area contributed by atoms with Crippen molar-refractivity contribution in [1.29, 1.82) is 0 Å². The highest BCUT2D eigenvalue weighted by atomic mass is 16.6. The van der Waals surface area contributed by atoms with E-state index in [1.165, 1.54) is 18.3 Å². The molecule has 8 heteroatoms. The van der Waals surface area contributed by atoms with Crippen LogP contribution in [0, 0.1) is 10.1 Å². The lowest BCUT2D eigenvalue weighted by Crippen LogP contribution is -2.18. The SMILES string of the molecule is O=C(NN=Cc1cccc([N+](=O)[O-])c1)c1cc(-c2ccc(-c3ccccc3)cc2)n[nH]1. The second-order valence-electron chi connectivity index (χ2n) is 6.66. The Labute approximate surface area is 177 Å². The smallest absolute Gasteiger partial charge is 0.272 e. The topological polar surface area (TPSA) is 113 Å². The van der Waals surface area contributed by atoms with Crippen molar-refractivity contribution in [2.75, 3.05) is 0 Å². The number of nitrogens with zero attached hydrogens (tertiary/aromatic N) is 3. The maximum Gasteiger partial charge on any atom is 0.289 e. The number of hydrogen-bond donors (Lipinski definition) is 2. The largest absolute Gasteiger partial charge is 0.289 e. The Morgan fingerprint density at radius 1 is 0.935 bits per heavy atom. The van der Waals surface area contributed by atoms with Crippen molar-refractivity contribution in [3.05, 3.63) is 106 Å². The number of carbonyl (C=O) groups is 1. The van der Waals surface area contributed by atoms with Crippen LogP contribution in [-0.4, -0.2) is 27.2 Å². The fourth-order valence-electron chi connectivity index (χ4n) is 2.99. The van der Waals surface area contributed by atoms with Gasteiger partial charge in [0.1, 0.15) is 5.69 Å². The van der Waals surface area contributed by atoms with E-state index in [1.54, 1.807) is 18.2 Å². The van der Waals surface area contributed by atoms with Crippen LogP contribution in [0.25, 0.3) is 22.4 Å². The molecule has 0 fully saturated rings. The van der Waals surface area contributed by atoms with E-state index in [1.807, 2.05) is 54.6 Å². The number of nitrogens with one attached hydrogen (secondary N) is 2. The Hall–Kier alpha value is -4.59. The number of hydrazone groups is 1.